The van der Waals surface area contributed by atoms with E-state index in [1.165, 1.54) is 60.7 Å². The highest BCUT2D eigenvalue weighted by Gasteiger charge is 2.31. The Morgan fingerprint density at radius 3 is 2.42 bits per heavy atom. The fraction of sp³-hybridized carbons (Fsp3) is 0.286. The number of alkyl halides is 3. The van der Waals surface area contributed by atoms with Crippen LogP contribution >= 0.6 is 23.2 Å². The minimum atomic E-state index is -4.80. The number of hydrogen-bond donors (Lipinski definition) is 0. The van der Waals surface area contributed by atoms with E-state index in [9.17, 15) is 23.2 Å². The predicted octanol–water partition coefficient (Wildman–Crippen LogP) is 7.57. The summed E-state index contributed by atoms with van der Waals surface area (Å²) in [4.78, 5) is 16.6. The molecule has 0 aliphatic heterocycles. The molecule has 3 aromatic carbocycles. The molecular weight excluding hydrogens is 538 g/mol. The lowest BCUT2D eigenvalue weighted by Gasteiger charge is -2.26. The van der Waals surface area contributed by atoms with Crippen LogP contribution in [0, 0.1) is 11.5 Å². The number of rotatable bonds is 9. The summed E-state index contributed by atoms with van der Waals surface area (Å²) in [6, 6.07) is 16.6. The van der Waals surface area contributed by atoms with Crippen LogP contribution in [0.3, 0.4) is 0 Å². The second-order valence-electron chi connectivity index (χ2n) is 9.13. The van der Waals surface area contributed by atoms with Crippen molar-refractivity contribution in [2.45, 2.75) is 38.1 Å². The fourth-order valence-corrected chi connectivity index (χ4v) is 4.86. The van der Waals surface area contributed by atoms with E-state index in [0.29, 0.717) is 11.5 Å². The van der Waals surface area contributed by atoms with E-state index in [-0.39, 0.29) is 46.6 Å². The number of hydrogen-bond acceptors (Lipinski definition) is 4. The van der Waals surface area contributed by atoms with Gasteiger partial charge in [-0.05, 0) is 66.1 Å². The van der Waals surface area contributed by atoms with Crippen LogP contribution in [0.25, 0.3) is 0 Å². The van der Waals surface area contributed by atoms with Crippen molar-refractivity contribution in [2.24, 2.45) is 0 Å². The van der Waals surface area contributed by atoms with E-state index in [1.807, 2.05) is 18.3 Å². The highest BCUT2D eigenvalue weighted by atomic mass is 35.5. The number of anilines is 1. The van der Waals surface area contributed by atoms with Crippen LogP contribution < -0.4 is 9.64 Å². The van der Waals surface area contributed by atoms with Crippen molar-refractivity contribution >= 4 is 34.8 Å². The first-order valence-electron chi connectivity index (χ1n) is 11.9. The average molecular weight is 562 g/mol. The van der Waals surface area contributed by atoms with E-state index in [0.717, 1.165) is 5.56 Å². The smallest absolute Gasteiger partial charge is 0.406 e. The van der Waals surface area contributed by atoms with Gasteiger partial charge in [0.2, 0.25) is 0 Å². The molecule has 10 heteroatoms. The lowest BCUT2D eigenvalue weighted by atomic mass is 10.1. The minimum absolute atomic E-state index is 0.148. The Balaban J connectivity index is 1.63. The zero-order valence-electron chi connectivity index (χ0n) is 20.4. The highest BCUT2D eigenvalue weighted by molar-refractivity contribution is 6.37. The second kappa shape index (κ2) is 11.5. The third-order valence-electron chi connectivity index (χ3n) is 6.24. The van der Waals surface area contributed by atoms with Gasteiger partial charge in [0.15, 0.2) is 6.19 Å². The monoisotopic (exact) mass is 561 g/mol. The van der Waals surface area contributed by atoms with Crippen LogP contribution in [0.1, 0.15) is 45.8 Å². The van der Waals surface area contributed by atoms with Gasteiger partial charge in [-0.1, -0.05) is 59.6 Å². The largest absolute Gasteiger partial charge is 0.573 e. The summed E-state index contributed by atoms with van der Waals surface area (Å²) in [5, 5.41) is 9.85. The van der Waals surface area contributed by atoms with Crippen molar-refractivity contribution < 1.29 is 22.7 Å². The van der Waals surface area contributed by atoms with Crippen molar-refractivity contribution in [3.05, 3.63) is 93.0 Å². The number of amides is 1. The summed E-state index contributed by atoms with van der Waals surface area (Å²) < 4.78 is 42.1. The first-order valence-corrected chi connectivity index (χ1v) is 12.6. The van der Waals surface area contributed by atoms with Gasteiger partial charge >= 0.3 is 6.36 Å². The topological polar surface area (TPSA) is 56.6 Å². The van der Waals surface area contributed by atoms with Crippen LogP contribution in [-0.2, 0) is 13.0 Å². The van der Waals surface area contributed by atoms with Gasteiger partial charge in [0, 0.05) is 25.2 Å². The number of benzene rings is 3. The Hall–Kier alpha value is -3.41. The summed E-state index contributed by atoms with van der Waals surface area (Å²) >= 11 is 12.6. The number of halogens is 5. The van der Waals surface area contributed by atoms with Crippen LogP contribution in [0.15, 0.2) is 60.7 Å². The summed E-state index contributed by atoms with van der Waals surface area (Å²) in [6.45, 7) is 0.418. The van der Waals surface area contributed by atoms with Gasteiger partial charge in [0.1, 0.15) is 5.75 Å². The second-order valence-corrected chi connectivity index (χ2v) is 9.97. The molecule has 0 bridgehead atoms. The molecule has 0 saturated heterocycles. The molecule has 4 rings (SSSR count). The average Bonchev–Trinajstić information content (AvgIpc) is 3.70. The van der Waals surface area contributed by atoms with Crippen LogP contribution in [0.5, 0.6) is 5.75 Å². The molecule has 1 saturated carbocycles. The molecule has 38 heavy (non-hydrogen) atoms. The van der Waals surface area contributed by atoms with Gasteiger partial charge in [-0.3, -0.25) is 9.69 Å². The van der Waals surface area contributed by atoms with Crippen molar-refractivity contribution in [1.29, 1.82) is 5.26 Å². The van der Waals surface area contributed by atoms with E-state index in [2.05, 4.69) is 16.9 Å². The molecule has 1 aliphatic carbocycles. The Morgan fingerprint density at radius 1 is 1.08 bits per heavy atom. The Kier molecular flexibility index (Phi) is 8.39. The maximum absolute atomic E-state index is 13.9. The Bertz CT molecular complexity index is 1350. The number of ether oxygens (including phenoxy) is 1. The number of carbonyl (C=O) groups is 1. The van der Waals surface area contributed by atoms with Crippen LogP contribution in [-0.4, -0.2) is 30.8 Å². The molecule has 0 spiro atoms. The SMILES string of the molecule is CN(C#N)c1c(Cl)cc(Cl)cc1C(=O)N(CCc1cccc(OC(F)(F)F)c1)Cc1ccc(C2CC2)cc1. The minimum Gasteiger partial charge on any atom is -0.406 e. The molecular formula is C28H24Cl2F3N3O2. The Labute approximate surface area is 228 Å². The summed E-state index contributed by atoms with van der Waals surface area (Å²) in [5.41, 5.74) is 3.08. The lowest BCUT2D eigenvalue weighted by Crippen LogP contribution is -2.33. The summed E-state index contributed by atoms with van der Waals surface area (Å²) in [5.74, 6) is -0.158. The molecule has 1 fully saturated rings. The molecule has 3 aromatic rings. The molecule has 0 aromatic heterocycles. The van der Waals surface area contributed by atoms with Crippen LogP contribution in [0.4, 0.5) is 18.9 Å². The van der Waals surface area contributed by atoms with Crippen molar-refractivity contribution in [3.63, 3.8) is 0 Å². The van der Waals surface area contributed by atoms with E-state index < -0.39 is 12.3 Å². The highest BCUT2D eigenvalue weighted by Crippen LogP contribution is 2.40. The molecule has 0 N–H and O–H groups in total. The molecule has 5 nitrogen and oxygen atoms in total. The summed E-state index contributed by atoms with van der Waals surface area (Å²) in [7, 11) is 1.49. The fourth-order valence-electron chi connectivity index (χ4n) is 4.24. The van der Waals surface area contributed by atoms with Gasteiger partial charge < -0.3 is 9.64 Å². The molecule has 0 radical (unpaired) electrons. The summed E-state index contributed by atoms with van der Waals surface area (Å²) in [6.07, 6.45) is -0.236. The van der Waals surface area contributed by atoms with Crippen molar-refractivity contribution in [3.8, 4) is 11.9 Å². The van der Waals surface area contributed by atoms with Gasteiger partial charge in [-0.25, -0.2) is 0 Å². The number of carbonyl (C=O) groups excluding carboxylic acids is 1. The first kappa shape index (κ1) is 27.6. The molecule has 0 unspecified atom stereocenters. The van der Waals surface area contributed by atoms with Crippen molar-refractivity contribution in [2.75, 3.05) is 18.5 Å². The van der Waals surface area contributed by atoms with E-state index >= 15 is 0 Å². The van der Waals surface area contributed by atoms with Crippen molar-refractivity contribution in [1.82, 2.24) is 4.90 Å². The van der Waals surface area contributed by atoms with Gasteiger partial charge in [0.05, 0.1) is 16.3 Å². The Morgan fingerprint density at radius 2 is 1.79 bits per heavy atom. The zero-order valence-corrected chi connectivity index (χ0v) is 21.9. The number of nitrogens with zero attached hydrogens (tertiary/aromatic N) is 3. The standard InChI is InChI=1S/C28H24Cl2F3N3O2/c1-35(17-34)26-24(14-22(29)15-25(26)30)27(37)36(16-19-5-7-20(8-6-19)21-9-10-21)12-11-18-3-2-4-23(13-18)38-28(31,32)33/h2-8,13-15,21H,9-12,16H2,1H3. The van der Waals surface area contributed by atoms with E-state index in [1.54, 1.807) is 11.0 Å². The predicted molar refractivity (Wildman–Crippen MR) is 140 cm³/mol. The van der Waals surface area contributed by atoms with Crippen LogP contribution in [0.2, 0.25) is 10.0 Å². The van der Waals surface area contributed by atoms with Gasteiger partial charge in [0.25, 0.3) is 5.91 Å². The third-order valence-corrected chi connectivity index (χ3v) is 6.74. The van der Waals surface area contributed by atoms with E-state index in [4.69, 9.17) is 23.2 Å². The quantitative estimate of drug-likeness (QED) is 0.199. The maximum Gasteiger partial charge on any atom is 0.573 e. The maximum atomic E-state index is 13.9. The normalized spacial score (nSPS) is 13.1. The third kappa shape index (κ3) is 7.12. The zero-order chi connectivity index (χ0) is 27.4. The number of nitriles is 1. The van der Waals surface area contributed by atoms with Gasteiger partial charge in [-0.15, -0.1) is 13.2 Å². The molecule has 0 atom stereocenters. The lowest BCUT2D eigenvalue weighted by molar-refractivity contribution is -0.274. The molecule has 198 valence electrons. The first-order chi connectivity index (χ1) is 18.0. The van der Waals surface area contributed by atoms with Gasteiger partial charge in [-0.2, -0.15) is 5.26 Å². The molecule has 1 amide bonds. The molecule has 0 heterocycles. The molecule has 1 aliphatic rings.